The van der Waals surface area contributed by atoms with Crippen molar-refractivity contribution in [2.45, 2.75) is 51.9 Å². The molecular weight excluding hydrogens is 267 g/mol. The molecule has 0 aromatic heterocycles. The summed E-state index contributed by atoms with van der Waals surface area (Å²) >= 11 is 6.06. The van der Waals surface area contributed by atoms with Gasteiger partial charge in [-0.05, 0) is 37.2 Å². The second-order valence-corrected chi connectivity index (χ2v) is 11.3. The molecule has 1 atom stereocenters. The number of hydrogen-bond donors (Lipinski definition) is 0. The fourth-order valence-electron chi connectivity index (χ4n) is 1.58. The molecule has 0 saturated carbocycles. The van der Waals surface area contributed by atoms with Crippen LogP contribution in [0.15, 0.2) is 18.2 Å². The highest BCUT2D eigenvalue weighted by Crippen LogP contribution is 2.40. The van der Waals surface area contributed by atoms with Crippen LogP contribution in [-0.2, 0) is 4.43 Å². The maximum atomic E-state index is 13.8. The number of benzene rings is 1. The van der Waals surface area contributed by atoms with Crippen molar-refractivity contribution in [1.29, 1.82) is 0 Å². The minimum absolute atomic E-state index is 0.0962. The Kier molecular flexibility index (Phi) is 4.63. The molecule has 4 heteroatoms. The summed E-state index contributed by atoms with van der Waals surface area (Å²) < 4.78 is 20.0. The van der Waals surface area contributed by atoms with Gasteiger partial charge in [0.15, 0.2) is 8.32 Å². The van der Waals surface area contributed by atoms with E-state index >= 15 is 0 Å². The Bertz CT molecular complexity index is 406. The van der Waals surface area contributed by atoms with Gasteiger partial charge in [-0.1, -0.05) is 38.4 Å². The topological polar surface area (TPSA) is 9.23 Å². The average molecular weight is 289 g/mol. The van der Waals surface area contributed by atoms with Gasteiger partial charge >= 0.3 is 0 Å². The summed E-state index contributed by atoms with van der Waals surface area (Å²) in [6.07, 6.45) is -0.320. The molecule has 0 fully saturated rings. The third-order valence-electron chi connectivity index (χ3n) is 3.68. The molecule has 0 heterocycles. The molecule has 102 valence electrons. The maximum Gasteiger partial charge on any atom is 0.192 e. The van der Waals surface area contributed by atoms with Crippen molar-refractivity contribution in [3.8, 4) is 0 Å². The van der Waals surface area contributed by atoms with Crippen LogP contribution in [0.2, 0.25) is 23.2 Å². The fraction of sp³-hybridized carbons (Fsp3) is 0.571. The van der Waals surface area contributed by atoms with Gasteiger partial charge in [0, 0.05) is 10.6 Å². The van der Waals surface area contributed by atoms with Crippen LogP contribution in [0.3, 0.4) is 0 Å². The highest BCUT2D eigenvalue weighted by atomic mass is 35.5. The van der Waals surface area contributed by atoms with E-state index in [1.165, 1.54) is 6.07 Å². The first kappa shape index (κ1) is 15.7. The Morgan fingerprint density at radius 1 is 1.28 bits per heavy atom. The largest absolute Gasteiger partial charge is 0.410 e. The molecular formula is C14H22ClFOSi. The SMILES string of the molecule is CC(O[Si](C)(C)C(C)(C)C)c1c(F)cccc1Cl. The van der Waals surface area contributed by atoms with Crippen LogP contribution >= 0.6 is 11.6 Å². The first-order valence-corrected chi connectivity index (χ1v) is 9.46. The first-order chi connectivity index (χ1) is 8.06. The molecule has 1 nitrogen and oxygen atoms in total. The van der Waals surface area contributed by atoms with Crippen LogP contribution < -0.4 is 0 Å². The zero-order valence-electron chi connectivity index (χ0n) is 12.0. The minimum Gasteiger partial charge on any atom is -0.410 e. The van der Waals surface area contributed by atoms with Crippen molar-refractivity contribution in [2.75, 3.05) is 0 Å². The average Bonchev–Trinajstić information content (AvgIpc) is 2.14. The summed E-state index contributed by atoms with van der Waals surface area (Å²) in [5.74, 6) is -0.297. The standard InChI is InChI=1S/C14H22ClFOSi/c1-10(17-18(5,6)14(2,3)4)13-11(15)8-7-9-12(13)16/h7-10H,1-6H3. The van der Waals surface area contributed by atoms with Crippen LogP contribution in [-0.4, -0.2) is 8.32 Å². The lowest BCUT2D eigenvalue weighted by atomic mass is 10.1. The molecule has 0 aliphatic heterocycles. The van der Waals surface area contributed by atoms with E-state index in [1.54, 1.807) is 12.1 Å². The molecule has 0 spiro atoms. The summed E-state index contributed by atoms with van der Waals surface area (Å²) in [6, 6.07) is 4.73. The number of rotatable bonds is 3. The Hall–Kier alpha value is -0.383. The van der Waals surface area contributed by atoms with E-state index in [2.05, 4.69) is 33.9 Å². The third-order valence-corrected chi connectivity index (χ3v) is 8.57. The number of halogens is 2. The minimum atomic E-state index is -1.92. The zero-order chi connectivity index (χ0) is 14.1. The van der Waals surface area contributed by atoms with E-state index in [0.717, 1.165) is 0 Å². The Morgan fingerprint density at radius 2 is 1.83 bits per heavy atom. The van der Waals surface area contributed by atoms with Crippen molar-refractivity contribution >= 4 is 19.9 Å². The lowest BCUT2D eigenvalue weighted by molar-refractivity contribution is 0.198. The Morgan fingerprint density at radius 3 is 2.28 bits per heavy atom. The second kappa shape index (κ2) is 5.31. The predicted octanol–water partition coefficient (Wildman–Crippen LogP) is 5.56. The van der Waals surface area contributed by atoms with E-state index < -0.39 is 8.32 Å². The van der Waals surface area contributed by atoms with Crippen LogP contribution in [0.1, 0.15) is 39.4 Å². The van der Waals surface area contributed by atoms with Crippen LogP contribution in [0.25, 0.3) is 0 Å². The van der Waals surface area contributed by atoms with Crippen molar-refractivity contribution in [3.63, 3.8) is 0 Å². The van der Waals surface area contributed by atoms with Crippen LogP contribution in [0.4, 0.5) is 4.39 Å². The van der Waals surface area contributed by atoms with E-state index in [9.17, 15) is 4.39 Å². The molecule has 1 aromatic rings. The Labute approximate surface area is 115 Å². The van der Waals surface area contributed by atoms with Gasteiger partial charge in [0.1, 0.15) is 5.82 Å². The van der Waals surface area contributed by atoms with Gasteiger partial charge in [-0.3, -0.25) is 0 Å². The smallest absolute Gasteiger partial charge is 0.192 e. The normalized spacial score (nSPS) is 14.7. The van der Waals surface area contributed by atoms with Gasteiger partial charge < -0.3 is 4.43 Å². The molecule has 1 unspecified atom stereocenters. The summed E-state index contributed by atoms with van der Waals surface area (Å²) in [5.41, 5.74) is 0.462. The second-order valence-electron chi connectivity index (χ2n) is 6.16. The van der Waals surface area contributed by atoms with Crippen molar-refractivity contribution in [1.82, 2.24) is 0 Å². The zero-order valence-corrected chi connectivity index (χ0v) is 13.7. The molecule has 0 amide bonds. The highest BCUT2D eigenvalue weighted by molar-refractivity contribution is 6.74. The first-order valence-electron chi connectivity index (χ1n) is 6.18. The monoisotopic (exact) mass is 288 g/mol. The summed E-state index contributed by atoms with van der Waals surface area (Å²) in [4.78, 5) is 0. The van der Waals surface area contributed by atoms with Gasteiger partial charge in [-0.25, -0.2) is 4.39 Å². The van der Waals surface area contributed by atoms with Gasteiger partial charge in [-0.15, -0.1) is 0 Å². The molecule has 0 N–H and O–H groups in total. The summed E-state index contributed by atoms with van der Waals surface area (Å²) in [6.45, 7) is 12.7. The molecule has 18 heavy (non-hydrogen) atoms. The maximum absolute atomic E-state index is 13.8. The van der Waals surface area contributed by atoms with E-state index in [0.29, 0.717) is 10.6 Å². The number of hydrogen-bond acceptors (Lipinski definition) is 1. The fourth-order valence-corrected chi connectivity index (χ4v) is 3.25. The van der Waals surface area contributed by atoms with Crippen molar-refractivity contribution < 1.29 is 8.82 Å². The van der Waals surface area contributed by atoms with Crippen LogP contribution in [0.5, 0.6) is 0 Å². The molecule has 0 radical (unpaired) electrons. The van der Waals surface area contributed by atoms with E-state index in [-0.39, 0.29) is 17.0 Å². The molecule has 0 aliphatic rings. The van der Waals surface area contributed by atoms with Gasteiger partial charge in [-0.2, -0.15) is 0 Å². The molecule has 1 rings (SSSR count). The van der Waals surface area contributed by atoms with Gasteiger partial charge in [0.25, 0.3) is 0 Å². The Balaban J connectivity index is 3.00. The van der Waals surface area contributed by atoms with Gasteiger partial charge in [0.05, 0.1) is 6.10 Å². The van der Waals surface area contributed by atoms with Gasteiger partial charge in [0.2, 0.25) is 0 Å². The summed E-state index contributed by atoms with van der Waals surface area (Å²) in [7, 11) is -1.92. The predicted molar refractivity (Wildman–Crippen MR) is 78.1 cm³/mol. The lowest BCUT2D eigenvalue weighted by Crippen LogP contribution is -2.41. The van der Waals surface area contributed by atoms with Crippen molar-refractivity contribution in [2.24, 2.45) is 0 Å². The highest BCUT2D eigenvalue weighted by Gasteiger charge is 2.39. The molecule has 0 bridgehead atoms. The quantitative estimate of drug-likeness (QED) is 0.662. The van der Waals surface area contributed by atoms with Crippen molar-refractivity contribution in [3.05, 3.63) is 34.6 Å². The summed E-state index contributed by atoms with van der Waals surface area (Å²) in [5, 5.41) is 0.528. The lowest BCUT2D eigenvalue weighted by Gasteiger charge is -2.38. The van der Waals surface area contributed by atoms with E-state index in [4.69, 9.17) is 16.0 Å². The molecule has 0 aliphatic carbocycles. The third kappa shape index (κ3) is 3.34. The van der Waals surface area contributed by atoms with E-state index in [1.807, 2.05) is 6.92 Å². The molecule has 0 saturated heterocycles. The van der Waals surface area contributed by atoms with Crippen LogP contribution in [0, 0.1) is 5.82 Å². The molecule has 1 aromatic carbocycles.